The lowest BCUT2D eigenvalue weighted by Gasteiger charge is -2.16. The maximum absolute atomic E-state index is 13.6. The molecule has 0 amide bonds. The van der Waals surface area contributed by atoms with Gasteiger partial charge in [0.05, 0.1) is 0 Å². The van der Waals surface area contributed by atoms with Crippen LogP contribution in [0.15, 0.2) is 48.5 Å². The number of hydrogen-bond acceptors (Lipinski definition) is 2. The molecule has 2 aromatic carbocycles. The Labute approximate surface area is 111 Å². The van der Waals surface area contributed by atoms with E-state index in [1.54, 1.807) is 36.4 Å². The first-order chi connectivity index (χ1) is 9.20. The highest BCUT2D eigenvalue weighted by Crippen LogP contribution is 2.14. The van der Waals surface area contributed by atoms with E-state index in [0.29, 0.717) is 24.0 Å². The maximum Gasteiger partial charge on any atom is 0.126 e. The summed E-state index contributed by atoms with van der Waals surface area (Å²) in [5.41, 5.74) is 3.76. The number of hydrogen-bond donors (Lipinski definition) is 2. The van der Waals surface area contributed by atoms with E-state index in [0.717, 1.165) is 0 Å². The Morgan fingerprint density at radius 2 is 1.26 bits per heavy atom. The van der Waals surface area contributed by atoms with Gasteiger partial charge in [-0.2, -0.15) is 0 Å². The van der Waals surface area contributed by atoms with E-state index in [-0.39, 0.29) is 17.7 Å². The van der Waals surface area contributed by atoms with Crippen molar-refractivity contribution in [3.8, 4) is 0 Å². The Morgan fingerprint density at radius 3 is 1.63 bits per heavy atom. The van der Waals surface area contributed by atoms with Crippen molar-refractivity contribution in [2.75, 3.05) is 0 Å². The van der Waals surface area contributed by atoms with Crippen LogP contribution in [0.5, 0.6) is 0 Å². The van der Waals surface area contributed by atoms with Gasteiger partial charge in [0.1, 0.15) is 11.6 Å². The quantitative estimate of drug-likeness (QED) is 0.642. The van der Waals surface area contributed by atoms with Crippen molar-refractivity contribution >= 4 is 0 Å². The lowest BCUT2D eigenvalue weighted by Crippen LogP contribution is -2.38. The summed E-state index contributed by atoms with van der Waals surface area (Å²) in [6.07, 6.45) is 0.828. The first kappa shape index (κ1) is 13.6. The van der Waals surface area contributed by atoms with Crippen LogP contribution >= 0.6 is 0 Å². The highest BCUT2D eigenvalue weighted by atomic mass is 19.1. The van der Waals surface area contributed by atoms with Gasteiger partial charge in [-0.1, -0.05) is 36.4 Å². The molecule has 2 rings (SSSR count). The number of nitrogens with one attached hydrogen (secondary N) is 1. The first-order valence-electron chi connectivity index (χ1n) is 6.13. The molecule has 3 N–H and O–H groups in total. The van der Waals surface area contributed by atoms with Crippen molar-refractivity contribution < 1.29 is 8.78 Å². The van der Waals surface area contributed by atoms with Crippen LogP contribution in [0.4, 0.5) is 8.78 Å². The Kier molecular flexibility index (Phi) is 4.60. The molecule has 0 saturated heterocycles. The molecular formula is C15H16F2N2. The van der Waals surface area contributed by atoms with Crippen LogP contribution in [0.3, 0.4) is 0 Å². The number of nitrogens with two attached hydrogens (primary N) is 1. The Balaban J connectivity index is 2.09. The van der Waals surface area contributed by atoms with Crippen molar-refractivity contribution in [1.29, 1.82) is 0 Å². The molecule has 0 aromatic heterocycles. The Bertz CT molecular complexity index is 496. The second-order valence-corrected chi connectivity index (χ2v) is 4.45. The minimum atomic E-state index is -0.267. The predicted octanol–water partition coefficient (Wildman–Crippen LogP) is 2.58. The van der Waals surface area contributed by atoms with Gasteiger partial charge < -0.3 is 0 Å². The molecule has 0 fully saturated rings. The molecule has 100 valence electrons. The second kappa shape index (κ2) is 6.41. The number of halogens is 2. The van der Waals surface area contributed by atoms with Gasteiger partial charge in [0, 0.05) is 6.04 Å². The molecule has 19 heavy (non-hydrogen) atoms. The SMILES string of the molecule is NNC(Cc1ccccc1F)Cc1ccccc1F. The molecule has 0 heterocycles. The molecule has 0 saturated carbocycles. The smallest absolute Gasteiger partial charge is 0.126 e. The zero-order chi connectivity index (χ0) is 13.7. The highest BCUT2D eigenvalue weighted by Gasteiger charge is 2.13. The topological polar surface area (TPSA) is 38.0 Å². The van der Waals surface area contributed by atoms with E-state index < -0.39 is 0 Å². The monoisotopic (exact) mass is 262 g/mol. The summed E-state index contributed by atoms with van der Waals surface area (Å²) >= 11 is 0. The van der Waals surface area contributed by atoms with Crippen molar-refractivity contribution in [2.24, 2.45) is 5.84 Å². The fourth-order valence-electron chi connectivity index (χ4n) is 2.05. The van der Waals surface area contributed by atoms with Gasteiger partial charge in [0.2, 0.25) is 0 Å². The van der Waals surface area contributed by atoms with Crippen molar-refractivity contribution in [3.63, 3.8) is 0 Å². The average molecular weight is 262 g/mol. The lowest BCUT2D eigenvalue weighted by molar-refractivity contribution is 0.494. The zero-order valence-corrected chi connectivity index (χ0v) is 10.4. The number of hydrazine groups is 1. The molecule has 0 radical (unpaired) electrons. The summed E-state index contributed by atoms with van der Waals surface area (Å²) in [4.78, 5) is 0. The third kappa shape index (κ3) is 3.59. The van der Waals surface area contributed by atoms with Gasteiger partial charge in [-0.3, -0.25) is 11.3 Å². The summed E-state index contributed by atoms with van der Waals surface area (Å²) in [7, 11) is 0. The van der Waals surface area contributed by atoms with Crippen molar-refractivity contribution in [1.82, 2.24) is 5.43 Å². The Hall–Kier alpha value is -1.78. The maximum atomic E-state index is 13.6. The van der Waals surface area contributed by atoms with Crippen LogP contribution in [-0.2, 0) is 12.8 Å². The van der Waals surface area contributed by atoms with Crippen LogP contribution in [-0.4, -0.2) is 6.04 Å². The number of rotatable bonds is 5. The fraction of sp³-hybridized carbons (Fsp3) is 0.200. The van der Waals surface area contributed by atoms with Gasteiger partial charge in [0.25, 0.3) is 0 Å². The second-order valence-electron chi connectivity index (χ2n) is 4.45. The first-order valence-corrected chi connectivity index (χ1v) is 6.13. The van der Waals surface area contributed by atoms with E-state index in [9.17, 15) is 8.78 Å². The largest absolute Gasteiger partial charge is 0.271 e. The van der Waals surface area contributed by atoms with E-state index >= 15 is 0 Å². The van der Waals surface area contributed by atoms with Crippen molar-refractivity contribution in [2.45, 2.75) is 18.9 Å². The molecule has 2 aromatic rings. The van der Waals surface area contributed by atoms with Crippen LogP contribution in [0.1, 0.15) is 11.1 Å². The van der Waals surface area contributed by atoms with Crippen molar-refractivity contribution in [3.05, 3.63) is 71.3 Å². The van der Waals surface area contributed by atoms with Crippen LogP contribution in [0.2, 0.25) is 0 Å². The van der Waals surface area contributed by atoms with Gasteiger partial charge in [-0.05, 0) is 36.1 Å². The highest BCUT2D eigenvalue weighted by molar-refractivity contribution is 5.21. The van der Waals surface area contributed by atoms with Gasteiger partial charge >= 0.3 is 0 Å². The molecule has 0 aliphatic rings. The molecule has 0 atom stereocenters. The summed E-state index contributed by atoms with van der Waals surface area (Å²) in [5.74, 6) is 4.94. The van der Waals surface area contributed by atoms with Gasteiger partial charge in [0.15, 0.2) is 0 Å². The van der Waals surface area contributed by atoms with Crippen LogP contribution < -0.4 is 11.3 Å². The molecule has 0 spiro atoms. The molecule has 0 unspecified atom stereocenters. The molecular weight excluding hydrogens is 246 g/mol. The number of benzene rings is 2. The molecule has 0 aliphatic heterocycles. The van der Waals surface area contributed by atoms with Crippen LogP contribution in [0, 0.1) is 11.6 Å². The molecule has 0 aliphatic carbocycles. The fourth-order valence-corrected chi connectivity index (χ4v) is 2.05. The van der Waals surface area contributed by atoms with Gasteiger partial charge in [-0.15, -0.1) is 0 Å². The summed E-state index contributed by atoms with van der Waals surface area (Å²) < 4.78 is 27.1. The van der Waals surface area contributed by atoms with E-state index in [1.165, 1.54) is 12.1 Å². The molecule has 4 heteroatoms. The van der Waals surface area contributed by atoms with Crippen LogP contribution in [0.25, 0.3) is 0 Å². The van der Waals surface area contributed by atoms with E-state index in [1.807, 2.05) is 0 Å². The summed E-state index contributed by atoms with van der Waals surface area (Å²) in [5, 5.41) is 0. The van der Waals surface area contributed by atoms with E-state index in [4.69, 9.17) is 5.84 Å². The normalized spacial score (nSPS) is 10.9. The minimum absolute atomic E-state index is 0.214. The Morgan fingerprint density at radius 1 is 0.842 bits per heavy atom. The molecule has 2 nitrogen and oxygen atoms in total. The minimum Gasteiger partial charge on any atom is -0.271 e. The summed E-state index contributed by atoms with van der Waals surface area (Å²) in [6.45, 7) is 0. The predicted molar refractivity (Wildman–Crippen MR) is 71.3 cm³/mol. The molecule has 0 bridgehead atoms. The third-order valence-corrected chi connectivity index (χ3v) is 3.08. The average Bonchev–Trinajstić information content (AvgIpc) is 2.42. The summed E-state index contributed by atoms with van der Waals surface area (Å²) in [6, 6.07) is 12.8. The standard InChI is InChI=1S/C15H16F2N2/c16-14-7-3-1-5-11(14)9-13(19-18)10-12-6-2-4-8-15(12)17/h1-8,13,19H,9-10,18H2. The van der Waals surface area contributed by atoms with E-state index in [2.05, 4.69) is 5.43 Å². The zero-order valence-electron chi connectivity index (χ0n) is 10.4. The lowest BCUT2D eigenvalue weighted by atomic mass is 9.99. The third-order valence-electron chi connectivity index (χ3n) is 3.08. The van der Waals surface area contributed by atoms with Gasteiger partial charge in [-0.25, -0.2) is 8.78 Å².